The fraction of sp³-hybridized carbons (Fsp3) is 0.500. The number of ether oxygens (including phenoxy) is 1. The SMILES string of the molecule is C=C(C)[C@H](C[C@@H](CC)C(C)(C)O)OC(=O)c1ccc(N=O)cc1. The van der Waals surface area contributed by atoms with Crippen LogP contribution in [0.2, 0.25) is 0 Å². The highest BCUT2D eigenvalue weighted by atomic mass is 16.5. The summed E-state index contributed by atoms with van der Waals surface area (Å²) >= 11 is 0. The van der Waals surface area contributed by atoms with Gasteiger partial charge in [0.25, 0.3) is 0 Å². The Bertz CT molecular complexity index is 557. The molecule has 5 nitrogen and oxygen atoms in total. The minimum absolute atomic E-state index is 0.0151. The van der Waals surface area contributed by atoms with Crippen LogP contribution in [0.5, 0.6) is 0 Å². The minimum atomic E-state index is -0.855. The molecule has 0 saturated carbocycles. The predicted molar refractivity (Wildman–Crippen MR) is 90.6 cm³/mol. The highest BCUT2D eigenvalue weighted by Crippen LogP contribution is 2.28. The van der Waals surface area contributed by atoms with Crippen LogP contribution in [0.3, 0.4) is 0 Å². The first kappa shape index (κ1) is 19.0. The van der Waals surface area contributed by atoms with Crippen LogP contribution >= 0.6 is 0 Å². The highest BCUT2D eigenvalue weighted by molar-refractivity contribution is 5.90. The molecule has 23 heavy (non-hydrogen) atoms. The van der Waals surface area contributed by atoms with Gasteiger partial charge in [0.15, 0.2) is 0 Å². The van der Waals surface area contributed by atoms with Crippen molar-refractivity contribution in [3.8, 4) is 0 Å². The summed E-state index contributed by atoms with van der Waals surface area (Å²) in [7, 11) is 0. The summed E-state index contributed by atoms with van der Waals surface area (Å²) in [5.74, 6) is -0.500. The molecule has 0 saturated heterocycles. The van der Waals surface area contributed by atoms with Crippen molar-refractivity contribution >= 4 is 11.7 Å². The maximum Gasteiger partial charge on any atom is 0.338 e. The first-order chi connectivity index (χ1) is 10.7. The van der Waals surface area contributed by atoms with Gasteiger partial charge in [0, 0.05) is 0 Å². The lowest BCUT2D eigenvalue weighted by Crippen LogP contribution is -2.34. The van der Waals surface area contributed by atoms with Gasteiger partial charge in [-0.15, -0.1) is 4.91 Å². The Labute approximate surface area is 137 Å². The van der Waals surface area contributed by atoms with E-state index in [4.69, 9.17) is 4.74 Å². The summed E-state index contributed by atoms with van der Waals surface area (Å²) in [5, 5.41) is 13.0. The number of carbonyl (C=O) groups is 1. The Morgan fingerprint density at radius 1 is 1.35 bits per heavy atom. The van der Waals surface area contributed by atoms with Crippen LogP contribution in [0.1, 0.15) is 50.9 Å². The molecule has 0 radical (unpaired) electrons. The molecule has 0 aliphatic rings. The van der Waals surface area contributed by atoms with E-state index in [9.17, 15) is 14.8 Å². The Hall–Kier alpha value is -2.01. The molecule has 0 heterocycles. The lowest BCUT2D eigenvalue weighted by Gasteiger charge is -2.31. The molecule has 1 aromatic carbocycles. The van der Waals surface area contributed by atoms with E-state index in [1.807, 2.05) is 6.92 Å². The van der Waals surface area contributed by atoms with Gasteiger partial charge < -0.3 is 9.84 Å². The molecule has 0 amide bonds. The summed E-state index contributed by atoms with van der Waals surface area (Å²) in [6.45, 7) is 11.2. The molecule has 0 fully saturated rings. The van der Waals surface area contributed by atoms with E-state index in [0.29, 0.717) is 12.0 Å². The second-order valence-corrected chi connectivity index (χ2v) is 6.37. The van der Waals surface area contributed by atoms with Crippen LogP contribution in [0.25, 0.3) is 0 Å². The minimum Gasteiger partial charge on any atom is -0.454 e. The van der Waals surface area contributed by atoms with Crippen molar-refractivity contribution in [2.75, 3.05) is 0 Å². The zero-order valence-corrected chi connectivity index (χ0v) is 14.2. The van der Waals surface area contributed by atoms with E-state index in [2.05, 4.69) is 11.8 Å². The average molecular weight is 319 g/mol. The lowest BCUT2D eigenvalue weighted by molar-refractivity contribution is -0.0137. The summed E-state index contributed by atoms with van der Waals surface area (Å²) in [4.78, 5) is 22.6. The molecule has 1 aromatic rings. The number of nitroso groups, excluding NO2 is 1. The van der Waals surface area contributed by atoms with E-state index in [1.54, 1.807) is 20.8 Å². The summed E-state index contributed by atoms with van der Waals surface area (Å²) in [5.41, 5.74) is 0.477. The predicted octanol–water partition coefficient (Wildman–Crippen LogP) is 4.37. The maximum atomic E-state index is 12.2. The number of carbonyl (C=O) groups excluding carboxylic acids is 1. The zero-order chi connectivity index (χ0) is 17.6. The number of hydrogen-bond donors (Lipinski definition) is 1. The smallest absolute Gasteiger partial charge is 0.338 e. The van der Waals surface area contributed by atoms with Crippen molar-refractivity contribution in [1.82, 2.24) is 0 Å². The molecule has 0 spiro atoms. The second kappa shape index (κ2) is 8.02. The molecule has 0 aromatic heterocycles. The Morgan fingerprint density at radius 3 is 2.30 bits per heavy atom. The van der Waals surface area contributed by atoms with Gasteiger partial charge in [-0.1, -0.05) is 19.9 Å². The van der Waals surface area contributed by atoms with Gasteiger partial charge in [-0.2, -0.15) is 0 Å². The van der Waals surface area contributed by atoms with Crippen molar-refractivity contribution in [2.45, 2.75) is 52.2 Å². The van der Waals surface area contributed by atoms with E-state index in [-0.39, 0.29) is 11.6 Å². The molecule has 2 atom stereocenters. The normalized spacial score (nSPS) is 14.0. The monoisotopic (exact) mass is 319 g/mol. The number of esters is 1. The first-order valence-corrected chi connectivity index (χ1v) is 7.71. The molecule has 0 aliphatic heterocycles. The molecule has 1 N–H and O–H groups in total. The molecule has 0 unspecified atom stereocenters. The second-order valence-electron chi connectivity index (χ2n) is 6.37. The van der Waals surface area contributed by atoms with Gasteiger partial charge in [0.05, 0.1) is 11.2 Å². The van der Waals surface area contributed by atoms with Crippen LogP contribution in [0.15, 0.2) is 41.6 Å². The third-order valence-electron chi connectivity index (χ3n) is 4.00. The van der Waals surface area contributed by atoms with Crippen molar-refractivity contribution in [2.24, 2.45) is 11.1 Å². The Kier molecular flexibility index (Phi) is 6.63. The highest BCUT2D eigenvalue weighted by Gasteiger charge is 2.30. The molecule has 126 valence electrons. The van der Waals surface area contributed by atoms with Crippen molar-refractivity contribution in [1.29, 1.82) is 0 Å². The van der Waals surface area contributed by atoms with Crippen LogP contribution in [0.4, 0.5) is 5.69 Å². The number of benzene rings is 1. The van der Waals surface area contributed by atoms with Gasteiger partial charge in [-0.05, 0) is 68.1 Å². The summed E-state index contributed by atoms with van der Waals surface area (Å²) in [6, 6.07) is 5.93. The van der Waals surface area contributed by atoms with Crippen molar-refractivity contribution < 1.29 is 14.6 Å². The molecule has 1 rings (SSSR count). The van der Waals surface area contributed by atoms with Crippen LogP contribution in [-0.2, 0) is 4.74 Å². The van der Waals surface area contributed by atoms with Gasteiger partial charge in [-0.25, -0.2) is 4.79 Å². The molecular weight excluding hydrogens is 294 g/mol. The fourth-order valence-corrected chi connectivity index (χ4v) is 2.42. The first-order valence-electron chi connectivity index (χ1n) is 7.71. The van der Waals surface area contributed by atoms with Crippen LogP contribution < -0.4 is 0 Å². The summed E-state index contributed by atoms with van der Waals surface area (Å²) < 4.78 is 5.54. The molecular formula is C18H25NO4. The quantitative estimate of drug-likeness (QED) is 0.438. The van der Waals surface area contributed by atoms with Crippen molar-refractivity contribution in [3.63, 3.8) is 0 Å². The molecule has 5 heteroatoms. The number of rotatable bonds is 8. The topological polar surface area (TPSA) is 76.0 Å². The number of aliphatic hydroxyl groups is 1. The molecule has 0 bridgehead atoms. The van der Waals surface area contributed by atoms with E-state index in [1.165, 1.54) is 24.3 Å². The van der Waals surface area contributed by atoms with Crippen molar-refractivity contribution in [3.05, 3.63) is 46.9 Å². The van der Waals surface area contributed by atoms with Gasteiger partial charge in [0.2, 0.25) is 0 Å². The van der Waals surface area contributed by atoms with Gasteiger partial charge in [-0.3, -0.25) is 0 Å². The van der Waals surface area contributed by atoms with Crippen LogP contribution in [0, 0.1) is 10.8 Å². The van der Waals surface area contributed by atoms with E-state index >= 15 is 0 Å². The Balaban J connectivity index is 2.84. The lowest BCUT2D eigenvalue weighted by atomic mass is 9.83. The largest absolute Gasteiger partial charge is 0.454 e. The van der Waals surface area contributed by atoms with Gasteiger partial charge in [0.1, 0.15) is 11.8 Å². The number of nitrogens with zero attached hydrogens (tertiary/aromatic N) is 1. The zero-order valence-electron chi connectivity index (χ0n) is 14.2. The third-order valence-corrected chi connectivity index (χ3v) is 4.00. The van der Waals surface area contributed by atoms with E-state index < -0.39 is 17.7 Å². The fourth-order valence-electron chi connectivity index (χ4n) is 2.42. The third kappa shape index (κ3) is 5.60. The molecule has 0 aliphatic carbocycles. The van der Waals surface area contributed by atoms with E-state index in [0.717, 1.165) is 12.0 Å². The Morgan fingerprint density at radius 2 is 1.91 bits per heavy atom. The summed E-state index contributed by atoms with van der Waals surface area (Å²) in [6.07, 6.45) is 0.808. The average Bonchev–Trinajstić information content (AvgIpc) is 2.49. The number of hydrogen-bond acceptors (Lipinski definition) is 5. The standard InChI is InChI=1S/C18H25NO4/c1-6-14(18(4,5)21)11-16(12(2)3)23-17(20)13-7-9-15(19-22)10-8-13/h7-10,14,16,21H,2,6,11H2,1,3-5H3/t14-,16+/m1/s1. The van der Waals surface area contributed by atoms with Gasteiger partial charge >= 0.3 is 5.97 Å². The van der Waals surface area contributed by atoms with Crippen LogP contribution in [-0.4, -0.2) is 22.8 Å². The maximum absolute atomic E-state index is 12.2.